The summed E-state index contributed by atoms with van der Waals surface area (Å²) in [6.45, 7) is 11.3. The summed E-state index contributed by atoms with van der Waals surface area (Å²) in [6.07, 6.45) is 1.97. The first kappa shape index (κ1) is 23.3. The Labute approximate surface area is 186 Å². The van der Waals surface area contributed by atoms with Gasteiger partial charge in [0, 0.05) is 19.6 Å². The maximum atomic E-state index is 13.4. The number of carbonyl (C=O) groups is 2. The molecule has 0 atom stereocenters. The van der Waals surface area contributed by atoms with E-state index >= 15 is 0 Å². The van der Waals surface area contributed by atoms with E-state index in [1.807, 2.05) is 45.2 Å². The molecule has 1 aromatic rings. The van der Waals surface area contributed by atoms with Crippen LogP contribution >= 0.6 is 0 Å². The summed E-state index contributed by atoms with van der Waals surface area (Å²) in [4.78, 5) is 32.6. The van der Waals surface area contributed by atoms with Crippen molar-refractivity contribution in [3.63, 3.8) is 0 Å². The average molecular weight is 428 g/mol. The highest BCUT2D eigenvalue weighted by molar-refractivity contribution is 6.35. The van der Waals surface area contributed by atoms with Crippen LogP contribution in [-0.2, 0) is 9.59 Å². The van der Waals surface area contributed by atoms with E-state index < -0.39 is 0 Å². The zero-order valence-electron chi connectivity index (χ0n) is 19.9. The number of rotatable bonds is 8. The quantitative estimate of drug-likeness (QED) is 0.595. The smallest absolute Gasteiger partial charge is 0.277 e. The van der Waals surface area contributed by atoms with E-state index in [4.69, 9.17) is 4.74 Å². The van der Waals surface area contributed by atoms with Crippen LogP contribution in [0.4, 0.5) is 0 Å². The molecular weight excluding hydrogens is 390 g/mol. The van der Waals surface area contributed by atoms with E-state index in [0.29, 0.717) is 30.3 Å². The lowest BCUT2D eigenvalue weighted by atomic mass is 10.00. The molecular formula is C25H37N3O3. The standard InChI is InChI=1S/C25H37N3O3/c1-17(2)15-28-24(29)22(19-7-9-21(10-8-19)31-16-18(3)4)23(25(28)30)27(6)20-11-13-26(5)14-12-20/h7-10,17-18,20H,11-16H2,1-6H3. The van der Waals surface area contributed by atoms with Crippen molar-refractivity contribution in [1.29, 1.82) is 0 Å². The largest absolute Gasteiger partial charge is 0.493 e. The van der Waals surface area contributed by atoms with E-state index in [1.165, 1.54) is 4.90 Å². The van der Waals surface area contributed by atoms with Crippen molar-refractivity contribution < 1.29 is 14.3 Å². The molecule has 170 valence electrons. The Morgan fingerprint density at radius 3 is 2.16 bits per heavy atom. The van der Waals surface area contributed by atoms with E-state index in [0.717, 1.165) is 37.2 Å². The first-order valence-corrected chi connectivity index (χ1v) is 11.4. The molecule has 6 nitrogen and oxygen atoms in total. The molecule has 1 fully saturated rings. The van der Waals surface area contributed by atoms with Gasteiger partial charge < -0.3 is 14.5 Å². The fourth-order valence-corrected chi connectivity index (χ4v) is 4.23. The highest BCUT2D eigenvalue weighted by Gasteiger charge is 2.42. The number of piperidine rings is 1. The molecule has 0 saturated carbocycles. The second-order valence-electron chi connectivity index (χ2n) is 9.71. The highest BCUT2D eigenvalue weighted by atomic mass is 16.5. The van der Waals surface area contributed by atoms with Crippen LogP contribution in [0.1, 0.15) is 46.1 Å². The lowest BCUT2D eigenvalue weighted by molar-refractivity contribution is -0.138. The second-order valence-corrected chi connectivity index (χ2v) is 9.71. The van der Waals surface area contributed by atoms with Crippen molar-refractivity contribution in [2.75, 3.05) is 40.3 Å². The van der Waals surface area contributed by atoms with Crippen LogP contribution in [0.3, 0.4) is 0 Å². The molecule has 6 heteroatoms. The van der Waals surface area contributed by atoms with Crippen LogP contribution in [0.15, 0.2) is 30.0 Å². The topological polar surface area (TPSA) is 53.1 Å². The molecule has 0 spiro atoms. The SMILES string of the molecule is CC(C)COc1ccc(C2=C(N(C)C3CCN(C)CC3)C(=O)N(CC(C)C)C2=O)cc1. The maximum absolute atomic E-state index is 13.4. The monoisotopic (exact) mass is 427 g/mol. The molecule has 3 rings (SSSR count). The number of hydrogen-bond acceptors (Lipinski definition) is 5. The average Bonchev–Trinajstić information content (AvgIpc) is 2.97. The molecule has 2 aliphatic heterocycles. The Morgan fingerprint density at radius 2 is 1.61 bits per heavy atom. The van der Waals surface area contributed by atoms with Gasteiger partial charge in [-0.15, -0.1) is 0 Å². The van der Waals surface area contributed by atoms with Crippen LogP contribution in [0.5, 0.6) is 5.75 Å². The molecule has 2 amide bonds. The summed E-state index contributed by atoms with van der Waals surface area (Å²) in [6, 6.07) is 7.84. The van der Waals surface area contributed by atoms with Crippen LogP contribution < -0.4 is 4.74 Å². The molecule has 0 radical (unpaired) electrons. The van der Waals surface area contributed by atoms with Crippen LogP contribution in [0.2, 0.25) is 0 Å². The Balaban J connectivity index is 1.94. The van der Waals surface area contributed by atoms with Gasteiger partial charge in [-0.2, -0.15) is 0 Å². The van der Waals surface area contributed by atoms with E-state index in [9.17, 15) is 9.59 Å². The van der Waals surface area contributed by atoms with Crippen LogP contribution in [0, 0.1) is 11.8 Å². The highest BCUT2D eigenvalue weighted by Crippen LogP contribution is 2.34. The summed E-state index contributed by atoms with van der Waals surface area (Å²) in [5, 5.41) is 0. The second kappa shape index (κ2) is 9.86. The predicted octanol–water partition coefficient (Wildman–Crippen LogP) is 3.48. The molecule has 0 aromatic heterocycles. The number of hydrogen-bond donors (Lipinski definition) is 0. The first-order valence-electron chi connectivity index (χ1n) is 11.4. The third kappa shape index (κ3) is 5.29. The van der Waals surface area contributed by atoms with Gasteiger partial charge in [-0.25, -0.2) is 0 Å². The Hall–Kier alpha value is -2.34. The number of carbonyl (C=O) groups excluding carboxylic acids is 2. The van der Waals surface area contributed by atoms with Gasteiger partial charge in [-0.1, -0.05) is 39.8 Å². The lowest BCUT2D eigenvalue weighted by Gasteiger charge is -2.36. The predicted molar refractivity (Wildman–Crippen MR) is 124 cm³/mol. The van der Waals surface area contributed by atoms with Gasteiger partial charge in [0.1, 0.15) is 11.4 Å². The first-order chi connectivity index (χ1) is 14.7. The minimum absolute atomic E-state index is 0.171. The summed E-state index contributed by atoms with van der Waals surface area (Å²) < 4.78 is 5.79. The number of amides is 2. The van der Waals surface area contributed by atoms with E-state index in [-0.39, 0.29) is 23.8 Å². The number of likely N-dealkylation sites (tertiary alicyclic amines) is 1. The van der Waals surface area contributed by atoms with Crippen molar-refractivity contribution in [2.45, 2.75) is 46.6 Å². The fraction of sp³-hybridized carbons (Fsp3) is 0.600. The van der Waals surface area contributed by atoms with Crippen LogP contribution in [-0.4, -0.2) is 72.9 Å². The zero-order valence-corrected chi connectivity index (χ0v) is 19.9. The molecule has 31 heavy (non-hydrogen) atoms. The number of ether oxygens (including phenoxy) is 1. The number of imide groups is 1. The third-order valence-corrected chi connectivity index (χ3v) is 6.01. The summed E-state index contributed by atoms with van der Waals surface area (Å²) >= 11 is 0. The van der Waals surface area contributed by atoms with Crippen LogP contribution in [0.25, 0.3) is 5.57 Å². The fourth-order valence-electron chi connectivity index (χ4n) is 4.23. The number of likely N-dealkylation sites (N-methyl/N-ethyl adjacent to an activating group) is 1. The summed E-state index contributed by atoms with van der Waals surface area (Å²) in [5.74, 6) is 1.07. The van der Waals surface area contributed by atoms with Crippen molar-refractivity contribution in [1.82, 2.24) is 14.7 Å². The van der Waals surface area contributed by atoms with Crippen molar-refractivity contribution in [3.05, 3.63) is 35.5 Å². The van der Waals surface area contributed by atoms with Crippen molar-refractivity contribution >= 4 is 17.4 Å². The van der Waals surface area contributed by atoms with Gasteiger partial charge in [-0.3, -0.25) is 14.5 Å². The van der Waals surface area contributed by atoms with Crippen molar-refractivity contribution in [3.8, 4) is 5.75 Å². The van der Waals surface area contributed by atoms with Crippen molar-refractivity contribution in [2.24, 2.45) is 11.8 Å². The lowest BCUT2D eigenvalue weighted by Crippen LogP contribution is -2.44. The van der Waals surface area contributed by atoms with Gasteiger partial charge in [-0.05, 0) is 62.5 Å². The van der Waals surface area contributed by atoms with Gasteiger partial charge in [0.05, 0.1) is 12.2 Å². The van der Waals surface area contributed by atoms with E-state index in [2.05, 4.69) is 30.7 Å². The van der Waals surface area contributed by atoms with Gasteiger partial charge >= 0.3 is 0 Å². The molecule has 0 unspecified atom stereocenters. The Kier molecular flexibility index (Phi) is 7.42. The normalized spacial score (nSPS) is 18.6. The van der Waals surface area contributed by atoms with Gasteiger partial charge in [0.25, 0.3) is 11.8 Å². The van der Waals surface area contributed by atoms with E-state index in [1.54, 1.807) is 0 Å². The molecule has 1 saturated heterocycles. The number of nitrogens with zero attached hydrogens (tertiary/aromatic N) is 3. The maximum Gasteiger partial charge on any atom is 0.277 e. The Bertz CT molecular complexity index is 821. The molecule has 0 aliphatic carbocycles. The molecule has 0 N–H and O–H groups in total. The Morgan fingerprint density at radius 1 is 1.00 bits per heavy atom. The minimum Gasteiger partial charge on any atom is -0.493 e. The summed E-state index contributed by atoms with van der Waals surface area (Å²) in [7, 11) is 4.09. The van der Waals surface area contributed by atoms with Gasteiger partial charge in [0.15, 0.2) is 0 Å². The summed E-state index contributed by atoms with van der Waals surface area (Å²) in [5.41, 5.74) is 1.83. The molecule has 1 aromatic carbocycles. The van der Waals surface area contributed by atoms with Gasteiger partial charge in [0.2, 0.25) is 0 Å². The zero-order chi connectivity index (χ0) is 22.7. The minimum atomic E-state index is -0.190. The third-order valence-electron chi connectivity index (χ3n) is 6.01. The molecule has 2 heterocycles. The number of benzene rings is 1. The molecule has 2 aliphatic rings. The molecule has 0 bridgehead atoms.